The molecule has 1 aliphatic heterocycles. The first-order valence-electron chi connectivity index (χ1n) is 8.73. The number of hydrogen-bond acceptors (Lipinski definition) is 8. The Bertz CT molecular complexity index is 1060. The number of methoxy groups -OCH3 is 3. The molecule has 2 aliphatic rings. The van der Waals surface area contributed by atoms with Gasteiger partial charge in [-0.05, 0) is 24.3 Å². The molecule has 8 heteroatoms. The van der Waals surface area contributed by atoms with Crippen LogP contribution in [-0.4, -0.2) is 46.7 Å². The van der Waals surface area contributed by atoms with Gasteiger partial charge in [0.1, 0.15) is 18.6 Å². The highest BCUT2D eigenvalue weighted by molar-refractivity contribution is 6.41. The number of carbonyl (C=O) groups excluding carboxylic acids is 1. The number of ether oxygens (including phenoxy) is 5. The van der Waals surface area contributed by atoms with E-state index < -0.39 is 0 Å². The zero-order valence-corrected chi connectivity index (χ0v) is 16.4. The summed E-state index contributed by atoms with van der Waals surface area (Å²) < 4.78 is 27.2. The third kappa shape index (κ3) is 3.02. The average Bonchev–Trinajstić information content (AvgIpc) is 3.21. The average molecular weight is 397 g/mol. The van der Waals surface area contributed by atoms with Gasteiger partial charge >= 0.3 is 0 Å². The van der Waals surface area contributed by atoms with Gasteiger partial charge in [-0.3, -0.25) is 4.79 Å². The van der Waals surface area contributed by atoms with Crippen LogP contribution in [0, 0.1) is 0 Å². The number of ketones is 1. The normalized spacial score (nSPS) is 15.7. The molecule has 0 N–H and O–H groups in total. The van der Waals surface area contributed by atoms with Crippen molar-refractivity contribution in [3.63, 3.8) is 0 Å². The predicted molar refractivity (Wildman–Crippen MR) is 105 cm³/mol. The third-order valence-corrected chi connectivity index (χ3v) is 4.74. The van der Waals surface area contributed by atoms with E-state index in [0.717, 1.165) is 0 Å². The van der Waals surface area contributed by atoms with Gasteiger partial charge < -0.3 is 28.5 Å². The summed E-state index contributed by atoms with van der Waals surface area (Å²) in [6.07, 6.45) is 1.49. The van der Waals surface area contributed by atoms with Crippen LogP contribution in [0.3, 0.4) is 0 Å². The molecule has 0 atom stereocenters. The number of fused-ring (bicyclic) bond motifs is 2. The Morgan fingerprint density at radius 2 is 1.41 bits per heavy atom. The van der Waals surface area contributed by atoms with Gasteiger partial charge in [-0.1, -0.05) is 5.16 Å². The van der Waals surface area contributed by atoms with E-state index in [0.29, 0.717) is 56.7 Å². The molecule has 0 spiro atoms. The monoisotopic (exact) mass is 397 g/mol. The molecule has 1 aliphatic carbocycles. The lowest BCUT2D eigenvalue weighted by atomic mass is 9.85. The van der Waals surface area contributed by atoms with Crippen molar-refractivity contribution >= 4 is 17.1 Å². The zero-order chi connectivity index (χ0) is 20.5. The summed E-state index contributed by atoms with van der Waals surface area (Å²) in [5, 5.41) is 4.19. The standard InChI is InChI=1S/C21H19NO7/c1-24-16-9-20-19(28-10-29-20)7-12(16)13-5-15(23)11-6-17(25-2)18(26-3)8-14(11)21(13)22-27-4/h5-9H,10H2,1-4H3/b22-21+. The van der Waals surface area contributed by atoms with Gasteiger partial charge in [0.25, 0.3) is 0 Å². The van der Waals surface area contributed by atoms with E-state index in [1.54, 1.807) is 31.4 Å². The molecular weight excluding hydrogens is 378 g/mol. The first-order chi connectivity index (χ1) is 14.1. The Balaban J connectivity index is 1.93. The van der Waals surface area contributed by atoms with Crippen LogP contribution in [-0.2, 0) is 4.84 Å². The second-order valence-corrected chi connectivity index (χ2v) is 6.20. The lowest BCUT2D eigenvalue weighted by molar-refractivity contribution is 0.104. The maximum Gasteiger partial charge on any atom is 0.231 e. The predicted octanol–water partition coefficient (Wildman–Crippen LogP) is 3.07. The van der Waals surface area contributed by atoms with E-state index in [1.807, 2.05) is 0 Å². The molecule has 0 radical (unpaired) electrons. The molecule has 0 amide bonds. The fraction of sp³-hybridized carbons (Fsp3) is 0.238. The van der Waals surface area contributed by atoms with Gasteiger partial charge in [-0.25, -0.2) is 0 Å². The fourth-order valence-electron chi connectivity index (χ4n) is 3.40. The maximum atomic E-state index is 13.0. The number of rotatable bonds is 5. The maximum absolute atomic E-state index is 13.0. The molecule has 0 unspecified atom stereocenters. The minimum Gasteiger partial charge on any atom is -0.496 e. The molecule has 4 rings (SSSR count). The van der Waals surface area contributed by atoms with Crippen molar-refractivity contribution in [1.82, 2.24) is 0 Å². The van der Waals surface area contributed by atoms with Crippen LogP contribution in [0.2, 0.25) is 0 Å². The topological polar surface area (TPSA) is 84.8 Å². The van der Waals surface area contributed by atoms with Crippen molar-refractivity contribution in [2.45, 2.75) is 0 Å². The molecule has 1 heterocycles. The summed E-state index contributed by atoms with van der Waals surface area (Å²) in [7, 11) is 6.03. The molecule has 0 fully saturated rings. The number of hydrogen-bond donors (Lipinski definition) is 0. The minimum atomic E-state index is -0.203. The summed E-state index contributed by atoms with van der Waals surface area (Å²) in [5.74, 6) is 2.37. The highest BCUT2D eigenvalue weighted by atomic mass is 16.7. The van der Waals surface area contributed by atoms with E-state index >= 15 is 0 Å². The third-order valence-electron chi connectivity index (χ3n) is 4.74. The van der Waals surface area contributed by atoms with E-state index in [9.17, 15) is 4.79 Å². The van der Waals surface area contributed by atoms with Crippen molar-refractivity contribution in [3.05, 3.63) is 47.0 Å². The molecule has 2 aromatic rings. The molecule has 0 saturated heterocycles. The molecule has 8 nitrogen and oxygen atoms in total. The Morgan fingerprint density at radius 3 is 2.03 bits per heavy atom. The summed E-state index contributed by atoms with van der Waals surface area (Å²) in [5.41, 5.74) is 2.61. The van der Waals surface area contributed by atoms with Crippen LogP contribution >= 0.6 is 0 Å². The van der Waals surface area contributed by atoms with Crippen LogP contribution in [0.4, 0.5) is 0 Å². The first kappa shape index (κ1) is 18.7. The Labute approximate surface area is 167 Å². The van der Waals surface area contributed by atoms with E-state index in [-0.39, 0.29) is 12.6 Å². The number of allylic oxidation sites excluding steroid dienone is 2. The minimum absolute atomic E-state index is 0.124. The Hall–Kier alpha value is -3.68. The van der Waals surface area contributed by atoms with Crippen LogP contribution in [0.25, 0.3) is 5.57 Å². The SMILES string of the molecule is CO/N=C1\C(c2cc3c(cc2OC)OCO3)=CC(=O)c2cc(OC)c(OC)cc21. The van der Waals surface area contributed by atoms with Crippen molar-refractivity contribution in [3.8, 4) is 28.7 Å². The smallest absolute Gasteiger partial charge is 0.231 e. The second-order valence-electron chi connectivity index (χ2n) is 6.20. The van der Waals surface area contributed by atoms with Crippen molar-refractivity contribution < 1.29 is 33.3 Å². The highest BCUT2D eigenvalue weighted by Gasteiger charge is 2.31. The zero-order valence-electron chi connectivity index (χ0n) is 16.4. The van der Waals surface area contributed by atoms with Crippen LogP contribution in [0.1, 0.15) is 21.5 Å². The van der Waals surface area contributed by atoms with E-state index in [2.05, 4.69) is 5.16 Å². The van der Waals surface area contributed by atoms with Gasteiger partial charge in [0.15, 0.2) is 28.8 Å². The van der Waals surface area contributed by atoms with Crippen LogP contribution < -0.4 is 23.7 Å². The highest BCUT2D eigenvalue weighted by Crippen LogP contribution is 2.43. The van der Waals surface area contributed by atoms with Crippen molar-refractivity contribution in [2.24, 2.45) is 5.16 Å². The Morgan fingerprint density at radius 1 is 0.793 bits per heavy atom. The van der Waals surface area contributed by atoms with Crippen molar-refractivity contribution in [2.75, 3.05) is 35.2 Å². The number of nitrogens with zero attached hydrogens (tertiary/aromatic N) is 1. The fourth-order valence-corrected chi connectivity index (χ4v) is 3.40. The first-order valence-corrected chi connectivity index (χ1v) is 8.73. The van der Waals surface area contributed by atoms with Crippen LogP contribution in [0.15, 0.2) is 35.5 Å². The van der Waals surface area contributed by atoms with Crippen molar-refractivity contribution in [1.29, 1.82) is 0 Å². The number of benzene rings is 2. The summed E-state index contributed by atoms with van der Waals surface area (Å²) in [6.45, 7) is 0.124. The van der Waals surface area contributed by atoms with E-state index in [1.165, 1.54) is 27.4 Å². The van der Waals surface area contributed by atoms with Gasteiger partial charge in [0, 0.05) is 28.3 Å². The van der Waals surface area contributed by atoms with Gasteiger partial charge in [-0.15, -0.1) is 0 Å². The second kappa shape index (κ2) is 7.38. The number of oxime groups is 1. The molecule has 0 bridgehead atoms. The molecule has 0 saturated carbocycles. The van der Waals surface area contributed by atoms with Crippen LogP contribution in [0.5, 0.6) is 28.7 Å². The summed E-state index contributed by atoms with van der Waals surface area (Å²) in [4.78, 5) is 18.0. The molecule has 0 aromatic heterocycles. The molecule has 29 heavy (non-hydrogen) atoms. The molecule has 2 aromatic carbocycles. The van der Waals surface area contributed by atoms with Gasteiger partial charge in [0.2, 0.25) is 6.79 Å². The van der Waals surface area contributed by atoms with Gasteiger partial charge in [-0.2, -0.15) is 0 Å². The largest absolute Gasteiger partial charge is 0.496 e. The van der Waals surface area contributed by atoms with Gasteiger partial charge in [0.05, 0.1) is 21.3 Å². The quantitative estimate of drug-likeness (QED) is 0.717. The molecular formula is C21H19NO7. The molecule has 150 valence electrons. The van der Waals surface area contributed by atoms with E-state index in [4.69, 9.17) is 28.5 Å². The Kier molecular flexibility index (Phi) is 4.75. The lowest BCUT2D eigenvalue weighted by Crippen LogP contribution is -2.18. The summed E-state index contributed by atoms with van der Waals surface area (Å²) >= 11 is 0. The number of carbonyl (C=O) groups is 1. The lowest BCUT2D eigenvalue weighted by Gasteiger charge is -2.21. The summed E-state index contributed by atoms with van der Waals surface area (Å²) in [6, 6.07) is 6.82.